The molecule has 1 amide bonds. The first-order valence-corrected chi connectivity index (χ1v) is 11.7. The largest absolute Gasteiger partial charge is 0.481 e. The number of aryl methyl sites for hydroxylation is 1. The van der Waals surface area contributed by atoms with Gasteiger partial charge in [0.25, 0.3) is 11.5 Å². The molecule has 9 heteroatoms. The van der Waals surface area contributed by atoms with E-state index < -0.39 is 23.9 Å². The number of nitrogens with zero attached hydrogens (tertiary/aromatic N) is 2. The van der Waals surface area contributed by atoms with Gasteiger partial charge in [0, 0.05) is 35.1 Å². The van der Waals surface area contributed by atoms with Crippen molar-refractivity contribution in [1.82, 2.24) is 14.7 Å². The van der Waals surface area contributed by atoms with Crippen molar-refractivity contribution in [1.29, 1.82) is 0 Å². The quantitative estimate of drug-likeness (QED) is 0.326. The van der Waals surface area contributed by atoms with Crippen LogP contribution in [0.1, 0.15) is 49.5 Å². The van der Waals surface area contributed by atoms with Crippen LogP contribution in [0, 0.1) is 18.8 Å². The van der Waals surface area contributed by atoms with Crippen LogP contribution in [0.2, 0.25) is 0 Å². The second-order valence-electron chi connectivity index (χ2n) is 8.66. The van der Waals surface area contributed by atoms with Crippen molar-refractivity contribution >= 4 is 23.5 Å². The topological polar surface area (TPSA) is 138 Å². The Bertz CT molecular complexity index is 1660. The average molecular weight is 510 g/mol. The number of pyridine rings is 1. The molecule has 0 aliphatic rings. The van der Waals surface area contributed by atoms with Crippen molar-refractivity contribution in [2.75, 3.05) is 0 Å². The van der Waals surface area contributed by atoms with Gasteiger partial charge in [-0.05, 0) is 61.4 Å². The highest BCUT2D eigenvalue weighted by atomic mass is 16.4. The van der Waals surface area contributed by atoms with Crippen LogP contribution in [0.3, 0.4) is 0 Å². The second-order valence-corrected chi connectivity index (χ2v) is 8.66. The Morgan fingerprint density at radius 1 is 0.974 bits per heavy atom. The summed E-state index contributed by atoms with van der Waals surface area (Å²) in [5, 5.41) is 21.3. The third-order valence-electron chi connectivity index (χ3n) is 5.72. The molecule has 2 aromatic carbocycles. The summed E-state index contributed by atoms with van der Waals surface area (Å²) in [6, 6.07) is 17.2. The predicted molar refractivity (Wildman–Crippen MR) is 139 cm³/mol. The standard InChI is InChI=1S/C29H23N3O6/c1-18-14-25(33)32-13-3-6-24(27(32)30-18)28(36)31-23(17-26(34)35)16-21-11-8-19(9-12-21)7-10-20-4-2-5-22(15-20)29(37)38/h2-6,8-9,11-15,23H,16-17H2,1H3,(H,31,36)(H,34,35)(H,37,38)/t23-/m0/s1. The number of aromatic carboxylic acids is 1. The number of fused-ring (bicyclic) bond motifs is 1. The summed E-state index contributed by atoms with van der Waals surface area (Å²) in [5.74, 6) is 3.29. The van der Waals surface area contributed by atoms with Gasteiger partial charge in [-0.2, -0.15) is 0 Å². The van der Waals surface area contributed by atoms with Gasteiger partial charge in [-0.3, -0.25) is 18.8 Å². The van der Waals surface area contributed by atoms with E-state index in [2.05, 4.69) is 22.1 Å². The van der Waals surface area contributed by atoms with Crippen molar-refractivity contribution in [2.45, 2.75) is 25.8 Å². The minimum Gasteiger partial charge on any atom is -0.481 e. The molecule has 38 heavy (non-hydrogen) atoms. The van der Waals surface area contributed by atoms with Crippen LogP contribution in [0.4, 0.5) is 0 Å². The Balaban J connectivity index is 1.51. The third-order valence-corrected chi connectivity index (χ3v) is 5.72. The molecule has 2 heterocycles. The monoisotopic (exact) mass is 509 g/mol. The molecule has 0 aliphatic heterocycles. The van der Waals surface area contributed by atoms with Crippen LogP contribution >= 0.6 is 0 Å². The van der Waals surface area contributed by atoms with Gasteiger partial charge in [0.1, 0.15) is 0 Å². The molecule has 1 atom stereocenters. The lowest BCUT2D eigenvalue weighted by Gasteiger charge is -2.18. The fourth-order valence-corrected chi connectivity index (χ4v) is 3.95. The van der Waals surface area contributed by atoms with E-state index in [9.17, 15) is 24.3 Å². The summed E-state index contributed by atoms with van der Waals surface area (Å²) in [6.07, 6.45) is 1.47. The van der Waals surface area contributed by atoms with Crippen LogP contribution in [0.15, 0.2) is 77.7 Å². The lowest BCUT2D eigenvalue weighted by atomic mass is 10.0. The van der Waals surface area contributed by atoms with E-state index in [0.717, 1.165) is 5.56 Å². The van der Waals surface area contributed by atoms with Gasteiger partial charge in [-0.25, -0.2) is 9.78 Å². The minimum atomic E-state index is -1.07. The number of carboxylic acids is 2. The molecular weight excluding hydrogens is 486 g/mol. The molecule has 9 nitrogen and oxygen atoms in total. The minimum absolute atomic E-state index is 0.153. The molecule has 2 aromatic heterocycles. The average Bonchev–Trinajstić information content (AvgIpc) is 2.87. The Morgan fingerprint density at radius 2 is 1.71 bits per heavy atom. The number of carbonyl (C=O) groups is 3. The maximum absolute atomic E-state index is 13.1. The maximum Gasteiger partial charge on any atom is 0.335 e. The lowest BCUT2D eigenvalue weighted by Crippen LogP contribution is -2.38. The van der Waals surface area contributed by atoms with Gasteiger partial charge in [-0.15, -0.1) is 0 Å². The van der Waals surface area contributed by atoms with Crippen LogP contribution < -0.4 is 10.9 Å². The number of carboxylic acid groups (broad SMARTS) is 2. The van der Waals surface area contributed by atoms with Crippen molar-refractivity contribution in [3.05, 3.63) is 117 Å². The molecule has 0 saturated heterocycles. The molecule has 4 aromatic rings. The first-order chi connectivity index (χ1) is 18.2. The first kappa shape index (κ1) is 25.9. The fraction of sp³-hybridized carbons (Fsp3) is 0.138. The number of carbonyl (C=O) groups excluding carboxylic acids is 1. The zero-order chi connectivity index (χ0) is 27.2. The lowest BCUT2D eigenvalue weighted by molar-refractivity contribution is -0.137. The number of amides is 1. The highest BCUT2D eigenvalue weighted by molar-refractivity contribution is 6.00. The SMILES string of the molecule is Cc1cc(=O)n2cccc(C(=O)N[C@H](CC(=O)O)Cc3ccc(C#Cc4cccc(C(=O)O)c4)cc3)c2n1. The zero-order valence-corrected chi connectivity index (χ0v) is 20.3. The van der Waals surface area contributed by atoms with Crippen LogP contribution in [0.25, 0.3) is 5.65 Å². The van der Waals surface area contributed by atoms with E-state index in [4.69, 9.17) is 5.11 Å². The third kappa shape index (κ3) is 6.30. The van der Waals surface area contributed by atoms with Gasteiger partial charge >= 0.3 is 11.9 Å². The molecular formula is C29H23N3O6. The molecule has 0 unspecified atom stereocenters. The van der Waals surface area contributed by atoms with E-state index in [-0.39, 0.29) is 35.2 Å². The summed E-state index contributed by atoms with van der Waals surface area (Å²) >= 11 is 0. The van der Waals surface area contributed by atoms with E-state index in [0.29, 0.717) is 16.8 Å². The van der Waals surface area contributed by atoms with Gasteiger partial charge in [0.2, 0.25) is 0 Å². The van der Waals surface area contributed by atoms with Crippen molar-refractivity contribution in [3.8, 4) is 11.8 Å². The van der Waals surface area contributed by atoms with Crippen molar-refractivity contribution < 1.29 is 24.6 Å². The highest BCUT2D eigenvalue weighted by Crippen LogP contribution is 2.12. The molecule has 0 bridgehead atoms. The van der Waals surface area contributed by atoms with Gasteiger partial charge in [0.15, 0.2) is 5.65 Å². The molecule has 190 valence electrons. The molecule has 3 N–H and O–H groups in total. The molecule has 0 aliphatic carbocycles. The Hall–Kier alpha value is -5.23. The number of aliphatic carboxylic acids is 1. The van der Waals surface area contributed by atoms with E-state index in [1.165, 1.54) is 34.9 Å². The van der Waals surface area contributed by atoms with Crippen molar-refractivity contribution in [2.24, 2.45) is 0 Å². The van der Waals surface area contributed by atoms with Crippen LogP contribution in [-0.4, -0.2) is 43.5 Å². The molecule has 0 spiro atoms. The Kier molecular flexibility index (Phi) is 7.63. The number of rotatable bonds is 7. The Labute approximate surface area is 217 Å². The number of benzene rings is 2. The molecule has 0 saturated carbocycles. The number of hydrogen-bond donors (Lipinski definition) is 3. The predicted octanol–water partition coefficient (Wildman–Crippen LogP) is 2.92. The van der Waals surface area contributed by atoms with E-state index >= 15 is 0 Å². The maximum atomic E-state index is 13.1. The number of hydrogen-bond acceptors (Lipinski definition) is 5. The highest BCUT2D eigenvalue weighted by Gasteiger charge is 2.20. The van der Waals surface area contributed by atoms with Crippen molar-refractivity contribution in [3.63, 3.8) is 0 Å². The fourth-order valence-electron chi connectivity index (χ4n) is 3.95. The summed E-state index contributed by atoms with van der Waals surface area (Å²) in [7, 11) is 0. The van der Waals surface area contributed by atoms with E-state index in [1.807, 2.05) is 0 Å². The van der Waals surface area contributed by atoms with Gasteiger partial charge in [-0.1, -0.05) is 30.0 Å². The van der Waals surface area contributed by atoms with Crippen LogP contribution in [-0.2, 0) is 11.2 Å². The van der Waals surface area contributed by atoms with Gasteiger partial charge < -0.3 is 15.5 Å². The first-order valence-electron chi connectivity index (χ1n) is 11.7. The second kappa shape index (κ2) is 11.2. The Morgan fingerprint density at radius 3 is 2.42 bits per heavy atom. The molecule has 0 radical (unpaired) electrons. The number of aromatic nitrogens is 2. The van der Waals surface area contributed by atoms with Crippen LogP contribution in [0.5, 0.6) is 0 Å². The summed E-state index contributed by atoms with van der Waals surface area (Å²) in [5.41, 5.74) is 2.71. The zero-order valence-electron chi connectivity index (χ0n) is 20.3. The summed E-state index contributed by atoms with van der Waals surface area (Å²) in [6.45, 7) is 1.66. The molecule has 4 rings (SSSR count). The smallest absolute Gasteiger partial charge is 0.335 e. The summed E-state index contributed by atoms with van der Waals surface area (Å²) < 4.78 is 1.27. The normalized spacial score (nSPS) is 11.3. The number of nitrogens with one attached hydrogen (secondary N) is 1. The van der Waals surface area contributed by atoms with Gasteiger partial charge in [0.05, 0.1) is 17.5 Å². The summed E-state index contributed by atoms with van der Waals surface area (Å²) in [4.78, 5) is 52.3. The van der Waals surface area contributed by atoms with E-state index in [1.54, 1.807) is 49.4 Å². The molecule has 0 fully saturated rings.